The molecule has 0 radical (unpaired) electrons. The van der Waals surface area contributed by atoms with Gasteiger partial charge in [-0.15, -0.1) is 0 Å². The number of hydrogen-bond acceptors (Lipinski definition) is 2. The highest BCUT2D eigenvalue weighted by Crippen LogP contribution is 2.32. The highest BCUT2D eigenvalue weighted by atomic mass is 35.5. The van der Waals surface area contributed by atoms with Crippen molar-refractivity contribution < 1.29 is 35.9 Å². The van der Waals surface area contributed by atoms with Gasteiger partial charge in [-0.1, -0.05) is 41.4 Å². The van der Waals surface area contributed by atoms with Crippen molar-refractivity contribution in [1.29, 1.82) is 0 Å². The molecule has 188 valence electrons. The molecule has 2 amide bonds. The molecule has 0 aliphatic rings. The molecule has 0 saturated carbocycles. The second-order valence-electron chi connectivity index (χ2n) is 7.26. The van der Waals surface area contributed by atoms with E-state index in [1.54, 1.807) is 0 Å². The molecule has 12 heteroatoms. The zero-order valence-corrected chi connectivity index (χ0v) is 19.3. The second-order valence-corrected chi connectivity index (χ2v) is 8.07. The summed E-state index contributed by atoms with van der Waals surface area (Å²) in [4.78, 5) is 25.9. The summed E-state index contributed by atoms with van der Waals surface area (Å²) in [5, 5.41) is 4.44. The number of anilines is 2. The van der Waals surface area contributed by atoms with E-state index in [0.29, 0.717) is 12.1 Å². The Hall–Kier alpha value is -3.50. The quantitative estimate of drug-likeness (QED) is 0.149. The van der Waals surface area contributed by atoms with E-state index in [2.05, 4.69) is 10.6 Å². The first-order chi connectivity index (χ1) is 16.8. The van der Waals surface area contributed by atoms with Crippen LogP contribution in [0, 0.1) is 0 Å². The van der Waals surface area contributed by atoms with Gasteiger partial charge in [0.15, 0.2) is 0 Å². The summed E-state index contributed by atoms with van der Waals surface area (Å²) in [6.45, 7) is 0. The van der Waals surface area contributed by atoms with Crippen LogP contribution >= 0.6 is 23.2 Å². The summed E-state index contributed by atoms with van der Waals surface area (Å²) >= 11 is 12.2. The van der Waals surface area contributed by atoms with E-state index in [1.165, 1.54) is 18.2 Å². The number of benzene rings is 3. The molecule has 0 aromatic heterocycles. The van der Waals surface area contributed by atoms with Crippen LogP contribution in [0.2, 0.25) is 10.0 Å². The standard InChI is InChI=1S/C24H14Cl2F6N2O2/c25-19-8-3-9-20(26)17(19)12-18(21(35)33-15-6-1-4-13(10-15)23(27,28)29)22(36)34-16-7-2-5-14(11-16)24(30,31)32/h1-12H,(H,33,35)(H,34,36). The molecule has 2 N–H and O–H groups in total. The van der Waals surface area contributed by atoms with E-state index < -0.39 is 40.9 Å². The Bertz CT molecular complexity index is 1240. The predicted octanol–water partition coefficient (Wildman–Crippen LogP) is 7.69. The van der Waals surface area contributed by atoms with E-state index in [0.717, 1.165) is 42.5 Å². The van der Waals surface area contributed by atoms with Gasteiger partial charge in [0.1, 0.15) is 5.57 Å². The zero-order valence-electron chi connectivity index (χ0n) is 17.8. The minimum atomic E-state index is -4.69. The number of amides is 2. The fourth-order valence-corrected chi connectivity index (χ4v) is 3.48. The highest BCUT2D eigenvalue weighted by Gasteiger charge is 2.32. The number of carbonyl (C=O) groups excluding carboxylic acids is 2. The van der Waals surface area contributed by atoms with Crippen molar-refractivity contribution in [2.75, 3.05) is 10.6 Å². The van der Waals surface area contributed by atoms with Gasteiger partial charge in [0.25, 0.3) is 11.8 Å². The molecule has 0 aliphatic carbocycles. The number of hydrogen-bond donors (Lipinski definition) is 2. The van der Waals surface area contributed by atoms with Crippen LogP contribution in [0.3, 0.4) is 0 Å². The number of nitrogens with one attached hydrogen (secondary N) is 2. The molecule has 0 aliphatic heterocycles. The molecule has 3 rings (SSSR count). The normalized spacial score (nSPS) is 11.6. The summed E-state index contributed by atoms with van der Waals surface area (Å²) in [6.07, 6.45) is -8.40. The first-order valence-corrected chi connectivity index (χ1v) is 10.6. The molecule has 3 aromatic rings. The van der Waals surface area contributed by atoms with Crippen LogP contribution in [0.1, 0.15) is 16.7 Å². The van der Waals surface area contributed by atoms with Crippen molar-refractivity contribution in [2.24, 2.45) is 0 Å². The molecule has 0 bridgehead atoms. The van der Waals surface area contributed by atoms with Crippen molar-refractivity contribution >= 4 is 52.5 Å². The Morgan fingerprint density at radius 1 is 0.667 bits per heavy atom. The SMILES string of the molecule is O=C(Nc1cccc(C(F)(F)F)c1)C(=Cc1c(Cl)cccc1Cl)C(=O)Nc1cccc(C(F)(F)F)c1. The van der Waals surface area contributed by atoms with Crippen molar-refractivity contribution in [2.45, 2.75) is 12.4 Å². The Kier molecular flexibility index (Phi) is 8.00. The lowest BCUT2D eigenvalue weighted by atomic mass is 10.1. The van der Waals surface area contributed by atoms with Gasteiger partial charge in [0, 0.05) is 27.0 Å². The Labute approximate surface area is 210 Å². The Balaban J connectivity index is 1.99. The lowest BCUT2D eigenvalue weighted by Crippen LogP contribution is -2.25. The molecule has 0 fully saturated rings. The van der Waals surface area contributed by atoms with Gasteiger partial charge in [-0.2, -0.15) is 26.3 Å². The number of rotatable bonds is 5. The minimum absolute atomic E-state index is 0.0363. The first-order valence-electron chi connectivity index (χ1n) is 9.88. The van der Waals surface area contributed by atoms with Crippen LogP contribution in [0.4, 0.5) is 37.7 Å². The van der Waals surface area contributed by atoms with Gasteiger partial charge < -0.3 is 10.6 Å². The van der Waals surface area contributed by atoms with E-state index in [9.17, 15) is 35.9 Å². The first kappa shape index (κ1) is 27.1. The van der Waals surface area contributed by atoms with Gasteiger partial charge in [-0.05, 0) is 54.6 Å². The molecule has 0 unspecified atom stereocenters. The summed E-state index contributed by atoms with van der Waals surface area (Å²) in [7, 11) is 0. The third kappa shape index (κ3) is 6.79. The fourth-order valence-electron chi connectivity index (χ4n) is 2.97. The lowest BCUT2D eigenvalue weighted by molar-refractivity contribution is -0.138. The van der Waals surface area contributed by atoms with Gasteiger partial charge >= 0.3 is 12.4 Å². The average molecular weight is 547 g/mol. The molecule has 4 nitrogen and oxygen atoms in total. The molecule has 0 saturated heterocycles. The monoisotopic (exact) mass is 546 g/mol. The third-order valence-corrected chi connectivity index (χ3v) is 5.33. The lowest BCUT2D eigenvalue weighted by Gasteiger charge is -2.14. The highest BCUT2D eigenvalue weighted by molar-refractivity contribution is 6.38. The summed E-state index contributed by atoms with van der Waals surface area (Å²) in [6, 6.07) is 11.6. The van der Waals surface area contributed by atoms with E-state index in [-0.39, 0.29) is 27.0 Å². The molecule has 0 atom stereocenters. The zero-order chi connectivity index (χ0) is 26.7. The maximum Gasteiger partial charge on any atom is 0.416 e. The van der Waals surface area contributed by atoms with E-state index in [1.807, 2.05) is 0 Å². The van der Waals surface area contributed by atoms with Crippen molar-refractivity contribution in [3.63, 3.8) is 0 Å². The van der Waals surface area contributed by atoms with Crippen LogP contribution in [-0.4, -0.2) is 11.8 Å². The smallest absolute Gasteiger partial charge is 0.322 e. The van der Waals surface area contributed by atoms with Crippen LogP contribution < -0.4 is 10.6 Å². The largest absolute Gasteiger partial charge is 0.416 e. The molecular formula is C24H14Cl2F6N2O2. The molecular weight excluding hydrogens is 533 g/mol. The maximum absolute atomic E-state index is 13.0. The van der Waals surface area contributed by atoms with Crippen molar-refractivity contribution in [3.05, 3.63) is 99.0 Å². The third-order valence-electron chi connectivity index (χ3n) is 4.67. The number of halogens is 8. The minimum Gasteiger partial charge on any atom is -0.322 e. The molecule has 3 aromatic carbocycles. The van der Waals surface area contributed by atoms with E-state index in [4.69, 9.17) is 23.2 Å². The van der Waals surface area contributed by atoms with Crippen LogP contribution in [0.15, 0.2) is 72.3 Å². The number of carbonyl (C=O) groups is 2. The Morgan fingerprint density at radius 2 is 1.06 bits per heavy atom. The summed E-state index contributed by atoms with van der Waals surface area (Å²) in [5.41, 5.74) is -3.30. The summed E-state index contributed by atoms with van der Waals surface area (Å²) < 4.78 is 78.2. The fraction of sp³-hybridized carbons (Fsp3) is 0.0833. The van der Waals surface area contributed by atoms with Gasteiger partial charge in [-0.25, -0.2) is 0 Å². The Morgan fingerprint density at radius 3 is 1.44 bits per heavy atom. The van der Waals surface area contributed by atoms with E-state index >= 15 is 0 Å². The van der Waals surface area contributed by atoms with Crippen LogP contribution in [0.25, 0.3) is 6.08 Å². The van der Waals surface area contributed by atoms with Crippen molar-refractivity contribution in [1.82, 2.24) is 0 Å². The van der Waals surface area contributed by atoms with Gasteiger partial charge in [0.2, 0.25) is 0 Å². The number of alkyl halides is 6. The molecule has 36 heavy (non-hydrogen) atoms. The van der Waals surface area contributed by atoms with Crippen LogP contribution in [0.5, 0.6) is 0 Å². The van der Waals surface area contributed by atoms with Gasteiger partial charge in [-0.3, -0.25) is 9.59 Å². The second kappa shape index (κ2) is 10.6. The van der Waals surface area contributed by atoms with Crippen LogP contribution in [-0.2, 0) is 21.9 Å². The van der Waals surface area contributed by atoms with Crippen molar-refractivity contribution in [3.8, 4) is 0 Å². The molecule has 0 heterocycles. The summed E-state index contributed by atoms with van der Waals surface area (Å²) in [5.74, 6) is -2.32. The van der Waals surface area contributed by atoms with Gasteiger partial charge in [0.05, 0.1) is 11.1 Å². The maximum atomic E-state index is 13.0. The average Bonchev–Trinajstić information content (AvgIpc) is 2.78. The topological polar surface area (TPSA) is 58.2 Å². The predicted molar refractivity (Wildman–Crippen MR) is 125 cm³/mol. The molecule has 0 spiro atoms.